The minimum absolute atomic E-state index is 0.185. The summed E-state index contributed by atoms with van der Waals surface area (Å²) in [5, 5.41) is 0. The average Bonchev–Trinajstić information content (AvgIpc) is 3.23. The highest BCUT2D eigenvalue weighted by Crippen LogP contribution is 2.29. The number of likely N-dealkylation sites (N-methyl/N-ethyl adjacent to an activating group) is 1. The summed E-state index contributed by atoms with van der Waals surface area (Å²) >= 11 is 0. The molecular weight excluding hydrogens is 393 g/mol. The topological polar surface area (TPSA) is 36.0 Å². The van der Waals surface area contributed by atoms with Crippen LogP contribution in [-0.4, -0.2) is 57.7 Å². The highest BCUT2D eigenvalue weighted by molar-refractivity contribution is 6.05. The van der Waals surface area contributed by atoms with Crippen LogP contribution in [0.2, 0.25) is 0 Å². The number of rotatable bonds is 8. The highest BCUT2D eigenvalue weighted by Gasteiger charge is 2.26. The maximum Gasteiger partial charge on any atom is 0.258 e. The minimum atomic E-state index is -0.301. The molecular formula is C25H34FN3O2. The smallest absolute Gasteiger partial charge is 0.258 e. The number of hydrogen-bond acceptors (Lipinski definition) is 4. The van der Waals surface area contributed by atoms with Gasteiger partial charge in [-0.15, -0.1) is 0 Å². The van der Waals surface area contributed by atoms with Crippen LogP contribution in [0.25, 0.3) is 0 Å². The van der Waals surface area contributed by atoms with Crippen LogP contribution in [0.5, 0.6) is 5.75 Å². The number of carbonyl (C=O) groups is 1. The fourth-order valence-electron chi connectivity index (χ4n) is 3.76. The first kappa shape index (κ1) is 23.1. The van der Waals surface area contributed by atoms with Gasteiger partial charge in [0.25, 0.3) is 5.91 Å². The Morgan fingerprint density at radius 2 is 1.87 bits per heavy atom. The Kier molecular flexibility index (Phi) is 7.55. The van der Waals surface area contributed by atoms with E-state index in [1.807, 2.05) is 6.07 Å². The molecule has 0 saturated carbocycles. The van der Waals surface area contributed by atoms with Crippen LogP contribution in [0.3, 0.4) is 0 Å². The molecule has 0 radical (unpaired) electrons. The van der Waals surface area contributed by atoms with Gasteiger partial charge in [0.05, 0.1) is 12.3 Å². The second-order valence-corrected chi connectivity index (χ2v) is 8.91. The molecule has 2 aromatic rings. The molecule has 5 nitrogen and oxygen atoms in total. The van der Waals surface area contributed by atoms with E-state index < -0.39 is 0 Å². The number of nitrogens with zero attached hydrogens (tertiary/aromatic N) is 3. The van der Waals surface area contributed by atoms with Gasteiger partial charge in [0, 0.05) is 37.4 Å². The van der Waals surface area contributed by atoms with Crippen molar-refractivity contribution < 1.29 is 13.9 Å². The molecule has 1 saturated heterocycles. The first-order valence-corrected chi connectivity index (χ1v) is 11.0. The van der Waals surface area contributed by atoms with Crippen molar-refractivity contribution in [3.63, 3.8) is 0 Å². The number of benzene rings is 2. The molecule has 6 heteroatoms. The van der Waals surface area contributed by atoms with Gasteiger partial charge in [0.15, 0.2) is 0 Å². The van der Waals surface area contributed by atoms with Gasteiger partial charge in [-0.05, 0) is 75.3 Å². The van der Waals surface area contributed by atoms with E-state index in [4.69, 9.17) is 4.74 Å². The van der Waals surface area contributed by atoms with E-state index in [9.17, 15) is 9.18 Å². The third kappa shape index (κ3) is 5.76. The van der Waals surface area contributed by atoms with Gasteiger partial charge >= 0.3 is 0 Å². The molecule has 3 rings (SSSR count). The zero-order valence-corrected chi connectivity index (χ0v) is 19.3. The van der Waals surface area contributed by atoms with E-state index in [0.29, 0.717) is 35.5 Å². The Morgan fingerprint density at radius 3 is 2.45 bits per heavy atom. The van der Waals surface area contributed by atoms with Gasteiger partial charge in [0.2, 0.25) is 0 Å². The molecule has 168 valence electrons. The number of hydrogen-bond donors (Lipinski definition) is 0. The van der Waals surface area contributed by atoms with Gasteiger partial charge in [-0.25, -0.2) is 4.39 Å². The predicted molar refractivity (Wildman–Crippen MR) is 125 cm³/mol. The highest BCUT2D eigenvalue weighted by atomic mass is 19.1. The van der Waals surface area contributed by atoms with Crippen molar-refractivity contribution in [2.24, 2.45) is 5.92 Å². The third-order valence-corrected chi connectivity index (χ3v) is 5.92. The van der Waals surface area contributed by atoms with E-state index in [-0.39, 0.29) is 11.7 Å². The Bertz CT molecular complexity index is 883. The molecule has 2 aromatic carbocycles. The van der Waals surface area contributed by atoms with Crippen LogP contribution >= 0.6 is 0 Å². The molecule has 1 fully saturated rings. The zero-order chi connectivity index (χ0) is 22.5. The van der Waals surface area contributed by atoms with Gasteiger partial charge in [-0.1, -0.05) is 13.8 Å². The van der Waals surface area contributed by atoms with Crippen LogP contribution in [0.1, 0.15) is 37.0 Å². The molecule has 1 heterocycles. The summed E-state index contributed by atoms with van der Waals surface area (Å²) in [5.41, 5.74) is 1.67. The standard InChI is InChI=1S/C25H34FN3O2/c1-18(2)13-15-31-22-9-6-19(7-10-22)25(30)28(5)20-8-11-24(23(26)16-20)29-14-12-21(17-29)27(3)4/h6-11,16,18,21H,12-15,17H2,1-5H3. The van der Waals surface area contributed by atoms with Crippen molar-refractivity contribution in [1.82, 2.24) is 4.90 Å². The Balaban J connectivity index is 1.65. The lowest BCUT2D eigenvalue weighted by atomic mass is 10.1. The summed E-state index contributed by atoms with van der Waals surface area (Å²) in [5.74, 6) is 0.846. The maximum atomic E-state index is 14.9. The minimum Gasteiger partial charge on any atom is -0.494 e. The molecule has 0 aromatic heterocycles. The predicted octanol–water partition coefficient (Wildman–Crippen LogP) is 4.67. The second-order valence-electron chi connectivity index (χ2n) is 8.91. The fourth-order valence-corrected chi connectivity index (χ4v) is 3.76. The molecule has 0 aliphatic carbocycles. The Labute approximate surface area is 185 Å². The van der Waals surface area contributed by atoms with Crippen molar-refractivity contribution in [2.75, 3.05) is 50.6 Å². The lowest BCUT2D eigenvalue weighted by molar-refractivity contribution is 0.0993. The lowest BCUT2D eigenvalue weighted by Crippen LogP contribution is -2.31. The van der Waals surface area contributed by atoms with Crippen molar-refractivity contribution in [2.45, 2.75) is 32.7 Å². The number of carbonyl (C=O) groups excluding carboxylic acids is 1. The molecule has 1 unspecified atom stereocenters. The first-order valence-electron chi connectivity index (χ1n) is 11.0. The Morgan fingerprint density at radius 1 is 1.16 bits per heavy atom. The van der Waals surface area contributed by atoms with Crippen LogP contribution in [-0.2, 0) is 0 Å². The first-order chi connectivity index (χ1) is 14.8. The van der Waals surface area contributed by atoms with E-state index in [1.54, 1.807) is 37.4 Å². The summed E-state index contributed by atoms with van der Waals surface area (Å²) < 4.78 is 20.6. The quantitative estimate of drug-likeness (QED) is 0.614. The van der Waals surface area contributed by atoms with Gasteiger partial charge < -0.3 is 19.4 Å². The zero-order valence-electron chi connectivity index (χ0n) is 19.3. The lowest BCUT2D eigenvalue weighted by Gasteiger charge is -2.23. The molecule has 31 heavy (non-hydrogen) atoms. The van der Waals surface area contributed by atoms with Crippen molar-refractivity contribution in [3.8, 4) is 5.75 Å². The summed E-state index contributed by atoms with van der Waals surface area (Å²) in [6, 6.07) is 12.6. The van der Waals surface area contributed by atoms with Crippen LogP contribution in [0, 0.1) is 11.7 Å². The van der Waals surface area contributed by atoms with E-state index in [0.717, 1.165) is 31.7 Å². The molecule has 1 amide bonds. The van der Waals surface area contributed by atoms with Crippen molar-refractivity contribution >= 4 is 17.3 Å². The van der Waals surface area contributed by atoms with Gasteiger partial charge in [-0.3, -0.25) is 4.79 Å². The molecule has 1 aliphatic heterocycles. The van der Waals surface area contributed by atoms with Crippen LogP contribution < -0.4 is 14.5 Å². The van der Waals surface area contributed by atoms with Crippen LogP contribution in [0.15, 0.2) is 42.5 Å². The van der Waals surface area contributed by atoms with E-state index in [1.165, 1.54) is 11.0 Å². The van der Waals surface area contributed by atoms with Crippen molar-refractivity contribution in [3.05, 3.63) is 53.8 Å². The summed E-state index contributed by atoms with van der Waals surface area (Å²) in [4.78, 5) is 18.6. The molecule has 1 aliphatic rings. The summed E-state index contributed by atoms with van der Waals surface area (Å²) in [7, 11) is 5.78. The maximum absolute atomic E-state index is 14.9. The average molecular weight is 428 g/mol. The second kappa shape index (κ2) is 10.1. The SMILES string of the molecule is CC(C)CCOc1ccc(C(=O)N(C)c2ccc(N3CCC(N(C)C)C3)c(F)c2)cc1. The largest absolute Gasteiger partial charge is 0.494 e. The van der Waals surface area contributed by atoms with Gasteiger partial charge in [-0.2, -0.15) is 0 Å². The summed E-state index contributed by atoms with van der Waals surface area (Å²) in [6.07, 6.45) is 2.00. The Hall–Kier alpha value is -2.60. The molecule has 0 N–H and O–H groups in total. The molecule has 0 bridgehead atoms. The number of halogens is 1. The number of ether oxygens (including phenoxy) is 1. The normalized spacial score (nSPS) is 16.3. The number of amides is 1. The third-order valence-electron chi connectivity index (χ3n) is 5.92. The summed E-state index contributed by atoms with van der Waals surface area (Å²) in [6.45, 7) is 6.61. The molecule has 0 spiro atoms. The number of anilines is 2. The van der Waals surface area contributed by atoms with Gasteiger partial charge in [0.1, 0.15) is 11.6 Å². The molecule has 1 atom stereocenters. The monoisotopic (exact) mass is 427 g/mol. The van der Waals surface area contributed by atoms with Crippen LogP contribution in [0.4, 0.5) is 15.8 Å². The van der Waals surface area contributed by atoms with E-state index in [2.05, 4.69) is 37.7 Å². The fraction of sp³-hybridized carbons (Fsp3) is 0.480. The van der Waals surface area contributed by atoms with E-state index >= 15 is 0 Å². The van der Waals surface area contributed by atoms with Crippen molar-refractivity contribution in [1.29, 1.82) is 0 Å².